The lowest BCUT2D eigenvalue weighted by atomic mass is 10.1. The van der Waals surface area contributed by atoms with Crippen LogP contribution in [0.3, 0.4) is 0 Å². The number of halogens is 2. The van der Waals surface area contributed by atoms with Crippen molar-refractivity contribution in [2.24, 2.45) is 5.73 Å². The Morgan fingerprint density at radius 3 is 2.62 bits per heavy atom. The highest BCUT2D eigenvalue weighted by Gasteiger charge is 2.14. The maximum Gasteiger partial charge on any atom is 0.276 e. The number of aryl methyl sites for hydroxylation is 1. The normalized spacial score (nSPS) is 10.3. The largest absolute Gasteiger partial charge is 0.368 e. The fraction of sp³-hybridized carbons (Fsp3) is 0.125. The van der Waals surface area contributed by atoms with E-state index < -0.39 is 24.2 Å². The predicted octanol–water partition coefficient (Wildman–Crippen LogP) is 2.63. The number of hydrogen-bond donors (Lipinski definition) is 3. The summed E-state index contributed by atoms with van der Waals surface area (Å²) in [5.41, 5.74) is 8.84. The standard InChI is InChI=1S/C16H15FIN3O3/c1-9-2-4-11(16(23)21-24-8-15(19)22)14(6-9)20-13-5-3-10(18)7-12(13)17/h2-7,20H,8H2,1H3,(H2,19,22)(H,21,23). The third kappa shape index (κ3) is 4.90. The first-order chi connectivity index (χ1) is 11.4. The Morgan fingerprint density at radius 2 is 1.96 bits per heavy atom. The fourth-order valence-electron chi connectivity index (χ4n) is 1.92. The van der Waals surface area contributed by atoms with Gasteiger partial charge < -0.3 is 11.1 Å². The summed E-state index contributed by atoms with van der Waals surface area (Å²) in [5.74, 6) is -1.72. The van der Waals surface area contributed by atoms with Crippen molar-refractivity contribution in [1.29, 1.82) is 0 Å². The Kier molecular flexibility index (Phi) is 6.10. The van der Waals surface area contributed by atoms with Gasteiger partial charge in [-0.05, 0) is 65.4 Å². The summed E-state index contributed by atoms with van der Waals surface area (Å²) in [6.07, 6.45) is 0. The van der Waals surface area contributed by atoms with Gasteiger partial charge in [-0.3, -0.25) is 14.4 Å². The van der Waals surface area contributed by atoms with E-state index in [0.717, 1.165) is 9.13 Å². The molecule has 8 heteroatoms. The van der Waals surface area contributed by atoms with E-state index in [-0.39, 0.29) is 11.3 Å². The molecule has 6 nitrogen and oxygen atoms in total. The molecular formula is C16H15FIN3O3. The van der Waals surface area contributed by atoms with Crippen molar-refractivity contribution in [1.82, 2.24) is 5.48 Å². The Bertz CT molecular complexity index is 783. The number of rotatable bonds is 6. The zero-order chi connectivity index (χ0) is 17.7. The summed E-state index contributed by atoms with van der Waals surface area (Å²) in [6.45, 7) is 1.41. The molecule has 0 saturated heterocycles. The van der Waals surface area contributed by atoms with Crippen LogP contribution in [0.25, 0.3) is 0 Å². The van der Waals surface area contributed by atoms with E-state index in [1.54, 1.807) is 30.3 Å². The molecule has 4 N–H and O–H groups in total. The van der Waals surface area contributed by atoms with Crippen LogP contribution >= 0.6 is 22.6 Å². The Labute approximate surface area is 151 Å². The number of nitrogens with one attached hydrogen (secondary N) is 2. The van der Waals surface area contributed by atoms with Crippen molar-refractivity contribution in [3.63, 3.8) is 0 Å². The molecular weight excluding hydrogens is 428 g/mol. The number of hydroxylamine groups is 1. The van der Waals surface area contributed by atoms with E-state index in [1.807, 2.05) is 29.5 Å². The third-order valence-corrected chi connectivity index (χ3v) is 3.67. The third-order valence-electron chi connectivity index (χ3n) is 3.00. The van der Waals surface area contributed by atoms with E-state index in [9.17, 15) is 14.0 Å². The van der Waals surface area contributed by atoms with Crippen LogP contribution in [0.1, 0.15) is 15.9 Å². The van der Waals surface area contributed by atoms with E-state index in [1.165, 1.54) is 6.07 Å². The number of amides is 2. The first kappa shape index (κ1) is 18.1. The van der Waals surface area contributed by atoms with E-state index in [2.05, 4.69) is 10.8 Å². The van der Waals surface area contributed by atoms with Crippen LogP contribution in [0.2, 0.25) is 0 Å². The molecule has 2 amide bonds. The van der Waals surface area contributed by atoms with Crippen LogP contribution in [0, 0.1) is 16.3 Å². The molecule has 2 aromatic carbocycles. The smallest absolute Gasteiger partial charge is 0.276 e. The van der Waals surface area contributed by atoms with Crippen LogP contribution in [-0.4, -0.2) is 18.4 Å². The molecule has 0 aliphatic heterocycles. The number of primary amides is 1. The maximum absolute atomic E-state index is 14.0. The first-order valence-corrected chi connectivity index (χ1v) is 7.98. The lowest BCUT2D eigenvalue weighted by molar-refractivity contribution is -0.124. The molecule has 0 unspecified atom stereocenters. The topological polar surface area (TPSA) is 93.4 Å². The number of carbonyl (C=O) groups excluding carboxylic acids is 2. The van der Waals surface area contributed by atoms with Gasteiger partial charge in [0, 0.05) is 3.57 Å². The van der Waals surface area contributed by atoms with Gasteiger partial charge in [-0.25, -0.2) is 9.87 Å². The van der Waals surface area contributed by atoms with Gasteiger partial charge in [0.2, 0.25) is 5.91 Å². The lowest BCUT2D eigenvalue weighted by Gasteiger charge is -2.13. The Hall–Kier alpha value is -2.20. The molecule has 0 saturated carbocycles. The van der Waals surface area contributed by atoms with Crippen LogP contribution in [0.15, 0.2) is 36.4 Å². The second-order valence-electron chi connectivity index (χ2n) is 4.98. The summed E-state index contributed by atoms with van der Waals surface area (Å²) in [5, 5.41) is 2.90. The van der Waals surface area contributed by atoms with Gasteiger partial charge in [0.1, 0.15) is 5.82 Å². The molecule has 126 valence electrons. The highest BCUT2D eigenvalue weighted by molar-refractivity contribution is 14.1. The maximum atomic E-state index is 14.0. The summed E-state index contributed by atoms with van der Waals surface area (Å²) in [4.78, 5) is 27.5. The quantitative estimate of drug-likeness (QED) is 0.473. The van der Waals surface area contributed by atoms with Gasteiger partial charge in [-0.15, -0.1) is 0 Å². The minimum absolute atomic E-state index is 0.239. The number of hydrogen-bond acceptors (Lipinski definition) is 4. The molecule has 0 aliphatic rings. The van der Waals surface area contributed by atoms with Crippen molar-refractivity contribution >= 4 is 45.8 Å². The number of nitrogens with two attached hydrogens (primary N) is 1. The lowest BCUT2D eigenvalue weighted by Crippen LogP contribution is -2.29. The van der Waals surface area contributed by atoms with Gasteiger partial charge in [-0.1, -0.05) is 6.07 Å². The molecule has 2 aromatic rings. The second-order valence-corrected chi connectivity index (χ2v) is 6.23. The van der Waals surface area contributed by atoms with Gasteiger partial charge in [0.15, 0.2) is 6.61 Å². The molecule has 0 aliphatic carbocycles. The number of carbonyl (C=O) groups is 2. The van der Waals surface area contributed by atoms with Crippen LogP contribution in [0.5, 0.6) is 0 Å². The zero-order valence-electron chi connectivity index (χ0n) is 12.7. The summed E-state index contributed by atoms with van der Waals surface area (Å²) < 4.78 is 14.8. The summed E-state index contributed by atoms with van der Waals surface area (Å²) >= 11 is 2.01. The average Bonchev–Trinajstić information content (AvgIpc) is 2.49. The molecule has 0 atom stereocenters. The van der Waals surface area contributed by atoms with E-state index in [4.69, 9.17) is 10.6 Å². The van der Waals surface area contributed by atoms with Crippen LogP contribution < -0.4 is 16.5 Å². The minimum Gasteiger partial charge on any atom is -0.368 e. The monoisotopic (exact) mass is 443 g/mol. The van der Waals surface area contributed by atoms with Crippen LogP contribution in [-0.2, 0) is 9.63 Å². The Balaban J connectivity index is 2.24. The first-order valence-electron chi connectivity index (χ1n) is 6.90. The van der Waals surface area contributed by atoms with Crippen molar-refractivity contribution in [2.45, 2.75) is 6.92 Å². The van der Waals surface area contributed by atoms with Crippen molar-refractivity contribution in [2.75, 3.05) is 11.9 Å². The van der Waals surface area contributed by atoms with Gasteiger partial charge >= 0.3 is 0 Å². The SMILES string of the molecule is Cc1ccc(C(=O)NOCC(N)=O)c(Nc2ccc(I)cc2F)c1. The van der Waals surface area contributed by atoms with Crippen LogP contribution in [0.4, 0.5) is 15.8 Å². The molecule has 0 heterocycles. The number of anilines is 2. The van der Waals surface area contributed by atoms with E-state index >= 15 is 0 Å². The fourth-order valence-corrected chi connectivity index (χ4v) is 2.38. The van der Waals surface area contributed by atoms with Crippen molar-refractivity contribution < 1.29 is 18.8 Å². The molecule has 0 spiro atoms. The molecule has 0 radical (unpaired) electrons. The highest BCUT2D eigenvalue weighted by Crippen LogP contribution is 2.25. The minimum atomic E-state index is -0.710. The number of benzene rings is 2. The predicted molar refractivity (Wildman–Crippen MR) is 96.2 cm³/mol. The van der Waals surface area contributed by atoms with E-state index in [0.29, 0.717) is 5.69 Å². The highest BCUT2D eigenvalue weighted by atomic mass is 127. The molecule has 2 rings (SSSR count). The summed E-state index contributed by atoms with van der Waals surface area (Å²) in [6, 6.07) is 9.74. The van der Waals surface area contributed by atoms with Gasteiger partial charge in [-0.2, -0.15) is 0 Å². The summed E-state index contributed by atoms with van der Waals surface area (Å²) in [7, 11) is 0. The second kappa shape index (κ2) is 8.06. The van der Waals surface area contributed by atoms with Crippen molar-refractivity contribution in [3.8, 4) is 0 Å². The molecule has 24 heavy (non-hydrogen) atoms. The van der Waals surface area contributed by atoms with Crippen molar-refractivity contribution in [3.05, 3.63) is 56.9 Å². The molecule has 0 aromatic heterocycles. The average molecular weight is 443 g/mol. The zero-order valence-corrected chi connectivity index (χ0v) is 14.9. The van der Waals surface area contributed by atoms with Gasteiger partial charge in [0.25, 0.3) is 5.91 Å². The van der Waals surface area contributed by atoms with Gasteiger partial charge in [0.05, 0.1) is 16.9 Å². The molecule has 0 fully saturated rings. The molecule has 0 bridgehead atoms. The Morgan fingerprint density at radius 1 is 1.21 bits per heavy atom.